The highest BCUT2D eigenvalue weighted by molar-refractivity contribution is 5.87. The number of amides is 1. The van der Waals surface area contributed by atoms with Crippen LogP contribution in [0.3, 0.4) is 0 Å². The van der Waals surface area contributed by atoms with Crippen molar-refractivity contribution in [2.24, 2.45) is 11.7 Å². The third kappa shape index (κ3) is 4.34. The average Bonchev–Trinajstić information content (AvgIpc) is 2.46. The van der Waals surface area contributed by atoms with Gasteiger partial charge < -0.3 is 15.7 Å². The Labute approximate surface area is 124 Å². The quantitative estimate of drug-likeness (QED) is 0.810. The standard InChI is InChI=1S/C16H20N2O3/c17-15(19)11-12-7-9-18(10-8-12)14-4-2-1-3-13(14)5-6-16(20)21/h1-6,12H,7-11H2,(H2,17,19)(H,20,21). The minimum atomic E-state index is -0.954. The van der Waals surface area contributed by atoms with Crippen LogP contribution in [0.4, 0.5) is 5.69 Å². The number of carboxylic acid groups (broad SMARTS) is 1. The Kier molecular flexibility index (Phi) is 4.98. The van der Waals surface area contributed by atoms with Crippen LogP contribution in [0, 0.1) is 5.92 Å². The molecule has 1 heterocycles. The number of carbonyl (C=O) groups is 2. The van der Waals surface area contributed by atoms with E-state index in [9.17, 15) is 9.59 Å². The number of nitrogens with zero attached hydrogens (tertiary/aromatic N) is 1. The fourth-order valence-electron chi connectivity index (χ4n) is 2.74. The van der Waals surface area contributed by atoms with Crippen LogP contribution >= 0.6 is 0 Å². The van der Waals surface area contributed by atoms with Crippen molar-refractivity contribution in [3.05, 3.63) is 35.9 Å². The molecule has 1 aromatic rings. The zero-order chi connectivity index (χ0) is 15.2. The average molecular weight is 288 g/mol. The molecular formula is C16H20N2O3. The van der Waals surface area contributed by atoms with Crippen LogP contribution in [0.15, 0.2) is 30.3 Å². The highest BCUT2D eigenvalue weighted by atomic mass is 16.4. The van der Waals surface area contributed by atoms with Crippen LogP contribution in [-0.4, -0.2) is 30.1 Å². The van der Waals surface area contributed by atoms with E-state index in [0.29, 0.717) is 12.3 Å². The SMILES string of the molecule is NC(=O)CC1CCN(c2ccccc2C=CC(=O)O)CC1. The van der Waals surface area contributed by atoms with Gasteiger partial charge >= 0.3 is 5.97 Å². The van der Waals surface area contributed by atoms with Gasteiger partial charge in [-0.2, -0.15) is 0 Å². The van der Waals surface area contributed by atoms with E-state index < -0.39 is 5.97 Å². The Balaban J connectivity index is 2.06. The van der Waals surface area contributed by atoms with E-state index in [4.69, 9.17) is 10.8 Å². The van der Waals surface area contributed by atoms with Crippen molar-refractivity contribution < 1.29 is 14.7 Å². The Morgan fingerprint density at radius 3 is 2.57 bits per heavy atom. The smallest absolute Gasteiger partial charge is 0.328 e. The van der Waals surface area contributed by atoms with Crippen molar-refractivity contribution >= 4 is 23.6 Å². The molecule has 0 radical (unpaired) electrons. The number of nitrogens with two attached hydrogens (primary N) is 1. The topological polar surface area (TPSA) is 83.6 Å². The second-order valence-electron chi connectivity index (χ2n) is 5.33. The van der Waals surface area contributed by atoms with Gasteiger partial charge in [0.15, 0.2) is 0 Å². The predicted molar refractivity (Wildman–Crippen MR) is 81.9 cm³/mol. The van der Waals surface area contributed by atoms with Gasteiger partial charge in [0.25, 0.3) is 0 Å². The molecule has 5 heteroatoms. The number of hydrogen-bond donors (Lipinski definition) is 2. The molecule has 0 aromatic heterocycles. The summed E-state index contributed by atoms with van der Waals surface area (Å²) in [4.78, 5) is 23.9. The molecule has 0 bridgehead atoms. The van der Waals surface area contributed by atoms with Crippen LogP contribution in [0.25, 0.3) is 6.08 Å². The Hall–Kier alpha value is -2.30. The van der Waals surface area contributed by atoms with E-state index in [1.165, 1.54) is 0 Å². The maximum absolute atomic E-state index is 11.0. The lowest BCUT2D eigenvalue weighted by Gasteiger charge is -2.34. The molecule has 1 aliphatic heterocycles. The molecule has 2 rings (SSSR count). The van der Waals surface area contributed by atoms with E-state index in [1.54, 1.807) is 6.08 Å². The van der Waals surface area contributed by atoms with Crippen LogP contribution in [0.5, 0.6) is 0 Å². The van der Waals surface area contributed by atoms with E-state index in [0.717, 1.165) is 43.3 Å². The van der Waals surface area contributed by atoms with Gasteiger partial charge in [0, 0.05) is 31.3 Å². The van der Waals surface area contributed by atoms with Crippen molar-refractivity contribution in [1.29, 1.82) is 0 Å². The lowest BCUT2D eigenvalue weighted by atomic mass is 9.92. The molecule has 0 aliphatic carbocycles. The first-order chi connectivity index (χ1) is 10.1. The fourth-order valence-corrected chi connectivity index (χ4v) is 2.74. The highest BCUT2D eigenvalue weighted by Crippen LogP contribution is 2.28. The lowest BCUT2D eigenvalue weighted by Crippen LogP contribution is -2.35. The predicted octanol–water partition coefficient (Wildman–Crippen LogP) is 1.88. The number of rotatable bonds is 5. The highest BCUT2D eigenvalue weighted by Gasteiger charge is 2.21. The number of aliphatic carboxylic acids is 1. The fraction of sp³-hybridized carbons (Fsp3) is 0.375. The zero-order valence-corrected chi connectivity index (χ0v) is 11.9. The second-order valence-corrected chi connectivity index (χ2v) is 5.33. The molecule has 112 valence electrons. The summed E-state index contributed by atoms with van der Waals surface area (Å²) in [7, 11) is 0. The lowest BCUT2D eigenvalue weighted by molar-refractivity contribution is -0.131. The third-order valence-electron chi connectivity index (χ3n) is 3.79. The number of primary amides is 1. The third-order valence-corrected chi connectivity index (χ3v) is 3.79. The summed E-state index contributed by atoms with van der Waals surface area (Å²) in [6, 6.07) is 7.74. The summed E-state index contributed by atoms with van der Waals surface area (Å²) < 4.78 is 0. The summed E-state index contributed by atoms with van der Waals surface area (Å²) in [6.45, 7) is 1.71. The number of anilines is 1. The molecule has 21 heavy (non-hydrogen) atoms. The van der Waals surface area contributed by atoms with Gasteiger partial charge in [-0.05, 0) is 36.5 Å². The molecule has 0 unspecified atom stereocenters. The van der Waals surface area contributed by atoms with Crippen molar-refractivity contribution in [3.8, 4) is 0 Å². The van der Waals surface area contributed by atoms with Gasteiger partial charge in [-0.25, -0.2) is 4.79 Å². The summed E-state index contributed by atoms with van der Waals surface area (Å²) in [5.74, 6) is -0.830. The van der Waals surface area contributed by atoms with E-state index >= 15 is 0 Å². The van der Waals surface area contributed by atoms with E-state index in [2.05, 4.69) is 4.90 Å². The van der Waals surface area contributed by atoms with Gasteiger partial charge in [-0.3, -0.25) is 4.79 Å². The van der Waals surface area contributed by atoms with Crippen molar-refractivity contribution in [2.45, 2.75) is 19.3 Å². The minimum absolute atomic E-state index is 0.238. The number of piperidine rings is 1. The number of carboxylic acids is 1. The molecule has 0 saturated carbocycles. The summed E-state index contributed by atoms with van der Waals surface area (Å²) in [5, 5.41) is 8.75. The molecular weight excluding hydrogens is 268 g/mol. The number of para-hydroxylation sites is 1. The first kappa shape index (κ1) is 15.1. The molecule has 0 atom stereocenters. The molecule has 1 saturated heterocycles. The van der Waals surface area contributed by atoms with Crippen molar-refractivity contribution in [3.63, 3.8) is 0 Å². The molecule has 1 amide bonds. The largest absolute Gasteiger partial charge is 0.478 e. The Morgan fingerprint density at radius 1 is 1.29 bits per heavy atom. The summed E-state index contributed by atoms with van der Waals surface area (Å²) in [5.41, 5.74) is 7.18. The molecule has 1 aromatic carbocycles. The van der Waals surface area contributed by atoms with Gasteiger partial charge in [-0.15, -0.1) is 0 Å². The van der Waals surface area contributed by atoms with Crippen molar-refractivity contribution in [1.82, 2.24) is 0 Å². The molecule has 3 N–H and O–H groups in total. The van der Waals surface area contributed by atoms with Crippen LogP contribution in [0.2, 0.25) is 0 Å². The van der Waals surface area contributed by atoms with Crippen LogP contribution < -0.4 is 10.6 Å². The Bertz CT molecular complexity index is 546. The normalized spacial score (nSPS) is 16.3. The van der Waals surface area contributed by atoms with Gasteiger partial charge in [0.1, 0.15) is 0 Å². The molecule has 1 aliphatic rings. The summed E-state index contributed by atoms with van der Waals surface area (Å²) in [6.07, 6.45) is 5.08. The number of hydrogen-bond acceptors (Lipinski definition) is 3. The van der Waals surface area contributed by atoms with E-state index in [1.807, 2.05) is 24.3 Å². The van der Waals surface area contributed by atoms with Gasteiger partial charge in [0.05, 0.1) is 0 Å². The van der Waals surface area contributed by atoms with Gasteiger partial charge in [-0.1, -0.05) is 18.2 Å². The zero-order valence-electron chi connectivity index (χ0n) is 11.9. The monoisotopic (exact) mass is 288 g/mol. The number of carbonyl (C=O) groups excluding carboxylic acids is 1. The van der Waals surface area contributed by atoms with E-state index in [-0.39, 0.29) is 5.91 Å². The Morgan fingerprint density at radius 2 is 1.95 bits per heavy atom. The van der Waals surface area contributed by atoms with Gasteiger partial charge in [0.2, 0.25) is 5.91 Å². The second kappa shape index (κ2) is 6.92. The van der Waals surface area contributed by atoms with Crippen molar-refractivity contribution in [2.75, 3.05) is 18.0 Å². The number of benzene rings is 1. The molecule has 5 nitrogen and oxygen atoms in total. The minimum Gasteiger partial charge on any atom is -0.478 e. The summed E-state index contributed by atoms with van der Waals surface area (Å²) >= 11 is 0. The first-order valence-electron chi connectivity index (χ1n) is 7.09. The molecule has 1 fully saturated rings. The maximum Gasteiger partial charge on any atom is 0.328 e. The van der Waals surface area contributed by atoms with Crippen LogP contribution in [-0.2, 0) is 9.59 Å². The molecule has 0 spiro atoms. The maximum atomic E-state index is 11.0. The van der Waals surface area contributed by atoms with Crippen LogP contribution in [0.1, 0.15) is 24.8 Å². The first-order valence-corrected chi connectivity index (χ1v) is 7.09.